The zero-order chi connectivity index (χ0) is 31.2. The average Bonchev–Trinajstić information content (AvgIpc) is 3.47. The molecule has 3 aliphatic rings. The Hall–Kier alpha value is -3.95. The van der Waals surface area contributed by atoms with Gasteiger partial charge >= 0.3 is 0 Å². The number of likely N-dealkylation sites (tertiary alicyclic amines) is 1. The van der Waals surface area contributed by atoms with E-state index in [1.165, 1.54) is 6.08 Å². The summed E-state index contributed by atoms with van der Waals surface area (Å²) in [4.78, 5) is 71.2. The van der Waals surface area contributed by atoms with Crippen LogP contribution in [0.4, 0.5) is 0 Å². The highest BCUT2D eigenvalue weighted by Gasteiger charge is 2.69. The molecular weight excluding hydrogens is 546 g/mol. The molecule has 1 aromatic carbocycles. The highest BCUT2D eigenvalue weighted by atomic mass is 16.2. The van der Waals surface area contributed by atoms with Crippen molar-refractivity contribution >= 4 is 40.3 Å². The quantitative estimate of drug-likeness (QED) is 0.299. The summed E-state index contributed by atoms with van der Waals surface area (Å²) in [7, 11) is 0. The first kappa shape index (κ1) is 30.5. The summed E-state index contributed by atoms with van der Waals surface area (Å²) < 4.78 is 0. The van der Waals surface area contributed by atoms with Gasteiger partial charge in [-0.15, -0.1) is 0 Å². The van der Waals surface area contributed by atoms with Gasteiger partial charge in [-0.05, 0) is 73.1 Å². The molecular formula is C33H43N5O5. The van der Waals surface area contributed by atoms with Gasteiger partial charge in [0.25, 0.3) is 5.91 Å². The molecule has 10 heteroatoms. The Morgan fingerprint density at radius 3 is 2.53 bits per heavy atom. The number of fused-ring (bicyclic) bond motifs is 2. The lowest BCUT2D eigenvalue weighted by Gasteiger charge is -2.34. The Morgan fingerprint density at radius 1 is 1.16 bits per heavy atom. The third-order valence-corrected chi connectivity index (χ3v) is 9.74. The number of benzene rings is 1. The molecule has 5 rings (SSSR count). The van der Waals surface area contributed by atoms with Crippen molar-refractivity contribution in [3.05, 3.63) is 48.2 Å². The molecule has 6 atom stereocenters. The van der Waals surface area contributed by atoms with Crippen LogP contribution in [0.25, 0.3) is 10.9 Å². The summed E-state index contributed by atoms with van der Waals surface area (Å²) in [5, 5.41) is 9.54. The molecule has 2 aromatic rings. The largest absolute Gasteiger partial charge is 0.356 e. The van der Waals surface area contributed by atoms with Crippen molar-refractivity contribution in [2.24, 2.45) is 29.1 Å². The molecule has 230 valence electrons. The number of rotatable bonds is 11. The van der Waals surface area contributed by atoms with E-state index in [0.29, 0.717) is 31.6 Å². The van der Waals surface area contributed by atoms with Gasteiger partial charge in [-0.3, -0.25) is 24.0 Å². The molecule has 3 fully saturated rings. The number of aromatic amines is 1. The molecule has 10 nitrogen and oxygen atoms in total. The zero-order valence-corrected chi connectivity index (χ0v) is 25.7. The maximum absolute atomic E-state index is 14.1. The van der Waals surface area contributed by atoms with E-state index in [1.807, 2.05) is 39.0 Å². The first-order valence-corrected chi connectivity index (χ1v) is 15.3. The number of hydrogen-bond acceptors (Lipinski definition) is 5. The van der Waals surface area contributed by atoms with Crippen LogP contribution in [0.3, 0.4) is 0 Å². The van der Waals surface area contributed by atoms with Crippen molar-refractivity contribution in [3.63, 3.8) is 0 Å². The lowest BCUT2D eigenvalue weighted by molar-refractivity contribution is -0.142. The molecule has 4 N–H and O–H groups in total. The minimum absolute atomic E-state index is 0.0715. The number of piperidine rings is 1. The van der Waals surface area contributed by atoms with Crippen molar-refractivity contribution in [2.45, 2.75) is 72.0 Å². The van der Waals surface area contributed by atoms with E-state index in [4.69, 9.17) is 0 Å². The lowest BCUT2D eigenvalue weighted by atomic mass is 9.94. The highest BCUT2D eigenvalue weighted by Crippen LogP contribution is 2.65. The number of nitrogens with one attached hydrogen (secondary N) is 4. The molecule has 0 bridgehead atoms. The summed E-state index contributed by atoms with van der Waals surface area (Å²) in [5.41, 5.74) is 2.11. The van der Waals surface area contributed by atoms with Crippen LogP contribution in [0.2, 0.25) is 0 Å². The van der Waals surface area contributed by atoms with Crippen LogP contribution in [-0.4, -0.2) is 70.5 Å². The Labute approximate surface area is 252 Å². The van der Waals surface area contributed by atoms with E-state index in [-0.39, 0.29) is 59.0 Å². The number of hydrogen-bond donors (Lipinski definition) is 4. The summed E-state index contributed by atoms with van der Waals surface area (Å²) in [6, 6.07) is 5.07. The van der Waals surface area contributed by atoms with E-state index < -0.39 is 24.0 Å². The van der Waals surface area contributed by atoms with E-state index in [9.17, 15) is 24.0 Å². The zero-order valence-electron chi connectivity index (χ0n) is 25.7. The normalized spacial score (nSPS) is 25.2. The molecule has 2 aliphatic heterocycles. The van der Waals surface area contributed by atoms with E-state index in [2.05, 4.69) is 41.4 Å². The van der Waals surface area contributed by atoms with Crippen LogP contribution in [0.1, 0.15) is 63.0 Å². The molecule has 3 heterocycles. The third kappa shape index (κ3) is 5.84. The molecule has 0 radical (unpaired) electrons. The van der Waals surface area contributed by atoms with E-state index in [0.717, 1.165) is 16.5 Å². The summed E-state index contributed by atoms with van der Waals surface area (Å²) in [6.07, 6.45) is 2.34. The maximum atomic E-state index is 14.1. The number of carbonyl (C=O) groups excluding carboxylic acids is 5. The topological polar surface area (TPSA) is 140 Å². The van der Waals surface area contributed by atoms with E-state index >= 15 is 0 Å². The molecule has 1 aromatic heterocycles. The van der Waals surface area contributed by atoms with Crippen molar-refractivity contribution in [3.8, 4) is 0 Å². The Kier molecular flexibility index (Phi) is 8.24. The minimum Gasteiger partial charge on any atom is -0.356 e. The number of aromatic nitrogens is 1. The first-order valence-electron chi connectivity index (χ1n) is 15.3. The Morgan fingerprint density at radius 2 is 1.91 bits per heavy atom. The monoisotopic (exact) mass is 589 g/mol. The van der Waals surface area contributed by atoms with Gasteiger partial charge < -0.3 is 25.8 Å². The van der Waals surface area contributed by atoms with E-state index in [1.54, 1.807) is 11.0 Å². The molecule has 43 heavy (non-hydrogen) atoms. The number of nitrogens with zero attached hydrogens (tertiary/aromatic N) is 1. The molecule has 1 unspecified atom stereocenters. The lowest BCUT2D eigenvalue weighted by Crippen LogP contribution is -2.57. The van der Waals surface area contributed by atoms with Crippen LogP contribution in [0, 0.1) is 36.0 Å². The second-order valence-corrected chi connectivity index (χ2v) is 13.4. The Balaban J connectivity index is 1.36. The van der Waals surface area contributed by atoms with Gasteiger partial charge in [0.05, 0.1) is 6.04 Å². The number of aryl methyl sites for hydroxylation is 1. The van der Waals surface area contributed by atoms with Gasteiger partial charge in [0.15, 0.2) is 5.78 Å². The van der Waals surface area contributed by atoms with Gasteiger partial charge in [0, 0.05) is 29.9 Å². The van der Waals surface area contributed by atoms with Crippen molar-refractivity contribution < 1.29 is 24.0 Å². The summed E-state index contributed by atoms with van der Waals surface area (Å²) in [6.45, 7) is 14.6. The fourth-order valence-corrected chi connectivity index (χ4v) is 7.17. The SMILES string of the molecule is C=CC(=O)[C@H](C[C@@H]1CCNC1=O)NC(=O)[C@@H]1[C@@H]2[C@H](CN1C(=O)C(CC(C)C)NC(=O)c1cc3c(C)cccc3[nH]1)C2(C)C. The second kappa shape index (κ2) is 11.6. The van der Waals surface area contributed by atoms with Crippen LogP contribution < -0.4 is 16.0 Å². The van der Waals surface area contributed by atoms with Gasteiger partial charge in [-0.25, -0.2) is 0 Å². The van der Waals surface area contributed by atoms with Crippen molar-refractivity contribution in [2.75, 3.05) is 13.1 Å². The fourth-order valence-electron chi connectivity index (χ4n) is 7.17. The predicted octanol–water partition coefficient (Wildman–Crippen LogP) is 2.87. The minimum atomic E-state index is -0.909. The van der Waals surface area contributed by atoms with Crippen LogP contribution in [0.15, 0.2) is 36.9 Å². The number of amides is 4. The summed E-state index contributed by atoms with van der Waals surface area (Å²) in [5.74, 6) is -1.81. The van der Waals surface area contributed by atoms with Crippen LogP contribution in [-0.2, 0) is 19.2 Å². The number of carbonyl (C=O) groups is 5. The first-order chi connectivity index (χ1) is 20.3. The maximum Gasteiger partial charge on any atom is 0.268 e. The fraction of sp³-hybridized carbons (Fsp3) is 0.545. The molecule has 2 saturated heterocycles. The second-order valence-electron chi connectivity index (χ2n) is 13.4. The highest BCUT2D eigenvalue weighted by molar-refractivity contribution is 6.02. The predicted molar refractivity (Wildman–Crippen MR) is 163 cm³/mol. The number of ketones is 1. The van der Waals surface area contributed by atoms with Crippen LogP contribution >= 0.6 is 0 Å². The smallest absolute Gasteiger partial charge is 0.268 e. The van der Waals surface area contributed by atoms with Crippen LogP contribution in [0.5, 0.6) is 0 Å². The van der Waals surface area contributed by atoms with Gasteiger partial charge in [0.1, 0.15) is 17.8 Å². The molecule has 0 spiro atoms. The Bertz CT molecular complexity index is 1480. The third-order valence-electron chi connectivity index (χ3n) is 9.74. The van der Waals surface area contributed by atoms with Crippen molar-refractivity contribution in [1.82, 2.24) is 25.8 Å². The van der Waals surface area contributed by atoms with Gasteiger partial charge in [0.2, 0.25) is 17.7 Å². The van der Waals surface area contributed by atoms with Crippen molar-refractivity contribution in [1.29, 1.82) is 0 Å². The standard InChI is InChI=1S/C33H43N5O5/c1-7-26(39)23(14-19-11-12-34-29(19)40)36-31(42)28-27-21(33(27,5)6)16-38(28)32(43)25(13-17(2)3)37-30(41)24-15-20-18(4)9-8-10-22(20)35-24/h7-10,15,17,19,21,23,25,27-28,35H,1,11-14,16H2,2-6H3,(H,34,40)(H,36,42)(H,37,41)/t19-,21-,23-,25?,27-,28-/m0/s1. The van der Waals surface area contributed by atoms with Gasteiger partial charge in [-0.2, -0.15) is 0 Å². The molecule has 1 aliphatic carbocycles. The van der Waals surface area contributed by atoms with Gasteiger partial charge in [-0.1, -0.05) is 46.4 Å². The number of H-pyrrole nitrogens is 1. The summed E-state index contributed by atoms with van der Waals surface area (Å²) >= 11 is 0. The molecule has 1 saturated carbocycles. The molecule has 4 amide bonds. The average molecular weight is 590 g/mol.